The Hall–Kier alpha value is -2.24. The van der Waals surface area contributed by atoms with E-state index in [1.54, 1.807) is 0 Å². The molecule has 0 aromatic heterocycles. The average molecular weight is 253 g/mol. The van der Waals surface area contributed by atoms with E-state index >= 15 is 0 Å². The number of hydrogen-bond donors (Lipinski definition) is 1. The SMILES string of the molecule is COc1cc(C(=O)C(C)=NO)cc(OC)c1OC. The number of rotatable bonds is 5. The zero-order valence-corrected chi connectivity index (χ0v) is 10.7. The highest BCUT2D eigenvalue weighted by Crippen LogP contribution is 2.38. The molecule has 0 aliphatic heterocycles. The molecular formula is C12H15NO5. The van der Waals surface area contributed by atoms with E-state index in [2.05, 4.69) is 5.16 Å². The van der Waals surface area contributed by atoms with Crippen LogP contribution >= 0.6 is 0 Å². The summed E-state index contributed by atoms with van der Waals surface area (Å²) >= 11 is 0. The Balaban J connectivity index is 3.36. The van der Waals surface area contributed by atoms with Gasteiger partial charge in [0.05, 0.1) is 21.3 Å². The first-order valence-electron chi connectivity index (χ1n) is 5.12. The van der Waals surface area contributed by atoms with Crippen molar-refractivity contribution in [1.82, 2.24) is 0 Å². The number of carbonyl (C=O) groups excluding carboxylic acids is 1. The lowest BCUT2D eigenvalue weighted by Crippen LogP contribution is -2.11. The summed E-state index contributed by atoms with van der Waals surface area (Å²) in [4.78, 5) is 11.9. The standard InChI is InChI=1S/C12H15NO5/c1-7(13-15)11(14)8-5-9(16-2)12(18-4)10(6-8)17-3/h5-6,15H,1-4H3. The fourth-order valence-electron chi connectivity index (χ4n) is 1.47. The first-order chi connectivity index (χ1) is 8.58. The highest BCUT2D eigenvalue weighted by molar-refractivity contribution is 6.45. The Morgan fingerprint density at radius 2 is 1.61 bits per heavy atom. The normalized spacial score (nSPS) is 11.0. The van der Waals surface area contributed by atoms with Crippen molar-refractivity contribution in [3.8, 4) is 17.2 Å². The summed E-state index contributed by atoms with van der Waals surface area (Å²) in [6.07, 6.45) is 0. The van der Waals surface area contributed by atoms with E-state index in [0.717, 1.165) is 0 Å². The van der Waals surface area contributed by atoms with E-state index in [0.29, 0.717) is 22.8 Å². The Morgan fingerprint density at radius 3 is 1.94 bits per heavy atom. The molecule has 0 fully saturated rings. The minimum atomic E-state index is -0.420. The zero-order valence-electron chi connectivity index (χ0n) is 10.7. The maximum atomic E-state index is 11.9. The molecule has 0 saturated carbocycles. The predicted molar refractivity (Wildman–Crippen MR) is 65.3 cm³/mol. The van der Waals surface area contributed by atoms with Gasteiger partial charge in [0.25, 0.3) is 0 Å². The van der Waals surface area contributed by atoms with Gasteiger partial charge in [0, 0.05) is 5.56 Å². The molecule has 0 radical (unpaired) electrons. The molecule has 1 rings (SSSR count). The third kappa shape index (κ3) is 2.53. The first kappa shape index (κ1) is 13.8. The maximum absolute atomic E-state index is 11.9. The molecule has 18 heavy (non-hydrogen) atoms. The van der Waals surface area contributed by atoms with Crippen LogP contribution in [0.4, 0.5) is 0 Å². The minimum absolute atomic E-state index is 0.0238. The van der Waals surface area contributed by atoms with Crippen LogP contribution in [0, 0.1) is 0 Å². The molecule has 98 valence electrons. The highest BCUT2D eigenvalue weighted by atomic mass is 16.5. The van der Waals surface area contributed by atoms with E-state index in [4.69, 9.17) is 19.4 Å². The summed E-state index contributed by atoms with van der Waals surface area (Å²) in [6.45, 7) is 1.41. The van der Waals surface area contributed by atoms with Crippen LogP contribution in [0.2, 0.25) is 0 Å². The van der Waals surface area contributed by atoms with Crippen molar-refractivity contribution < 1.29 is 24.2 Å². The van der Waals surface area contributed by atoms with Gasteiger partial charge in [0.2, 0.25) is 11.5 Å². The second-order valence-electron chi connectivity index (χ2n) is 3.43. The lowest BCUT2D eigenvalue weighted by atomic mass is 10.1. The van der Waals surface area contributed by atoms with Gasteiger partial charge in [-0.25, -0.2) is 0 Å². The molecule has 0 spiro atoms. The molecule has 0 heterocycles. The van der Waals surface area contributed by atoms with Gasteiger partial charge in [0.15, 0.2) is 11.5 Å². The Kier molecular flexibility index (Phi) is 4.53. The molecule has 0 bridgehead atoms. The van der Waals surface area contributed by atoms with E-state index in [1.165, 1.54) is 40.4 Å². The van der Waals surface area contributed by atoms with Gasteiger partial charge >= 0.3 is 0 Å². The Bertz CT molecular complexity index is 456. The first-order valence-corrected chi connectivity index (χ1v) is 5.12. The van der Waals surface area contributed by atoms with Crippen molar-refractivity contribution in [3.63, 3.8) is 0 Å². The van der Waals surface area contributed by atoms with Crippen molar-refractivity contribution in [2.75, 3.05) is 21.3 Å². The van der Waals surface area contributed by atoms with E-state index < -0.39 is 5.78 Å². The lowest BCUT2D eigenvalue weighted by molar-refractivity contribution is 0.106. The van der Waals surface area contributed by atoms with Gasteiger partial charge in [0.1, 0.15) is 5.71 Å². The van der Waals surface area contributed by atoms with Crippen LogP contribution in [-0.2, 0) is 0 Å². The van der Waals surface area contributed by atoms with Crippen molar-refractivity contribution >= 4 is 11.5 Å². The smallest absolute Gasteiger partial charge is 0.210 e. The summed E-state index contributed by atoms with van der Waals surface area (Å²) in [5, 5.41) is 11.5. The topological polar surface area (TPSA) is 77.4 Å². The van der Waals surface area contributed by atoms with Crippen LogP contribution in [0.5, 0.6) is 17.2 Å². The minimum Gasteiger partial charge on any atom is -0.493 e. The summed E-state index contributed by atoms with van der Waals surface area (Å²) in [5.41, 5.74) is 0.268. The van der Waals surface area contributed by atoms with Gasteiger partial charge in [-0.2, -0.15) is 0 Å². The average Bonchev–Trinajstić information content (AvgIpc) is 2.43. The molecule has 0 amide bonds. The van der Waals surface area contributed by atoms with E-state index in [-0.39, 0.29) is 5.71 Å². The molecule has 0 aliphatic carbocycles. The number of ether oxygens (including phenoxy) is 3. The van der Waals surface area contributed by atoms with Crippen LogP contribution in [0.25, 0.3) is 0 Å². The number of carbonyl (C=O) groups is 1. The molecule has 1 aromatic carbocycles. The van der Waals surface area contributed by atoms with E-state index in [9.17, 15) is 4.79 Å². The molecule has 6 nitrogen and oxygen atoms in total. The fourth-order valence-corrected chi connectivity index (χ4v) is 1.47. The van der Waals surface area contributed by atoms with Crippen molar-refractivity contribution in [3.05, 3.63) is 17.7 Å². The number of benzene rings is 1. The second-order valence-corrected chi connectivity index (χ2v) is 3.43. The Morgan fingerprint density at radius 1 is 1.11 bits per heavy atom. The molecule has 1 aromatic rings. The summed E-state index contributed by atoms with van der Waals surface area (Å²) < 4.78 is 15.4. The van der Waals surface area contributed by atoms with Gasteiger partial charge in [-0.3, -0.25) is 4.79 Å². The number of nitrogens with zero attached hydrogens (tertiary/aromatic N) is 1. The lowest BCUT2D eigenvalue weighted by Gasteiger charge is -2.13. The van der Waals surface area contributed by atoms with E-state index in [1.807, 2.05) is 0 Å². The highest BCUT2D eigenvalue weighted by Gasteiger charge is 2.18. The monoisotopic (exact) mass is 253 g/mol. The number of ketones is 1. The quantitative estimate of drug-likeness (QED) is 0.374. The number of oxime groups is 1. The molecule has 0 unspecified atom stereocenters. The zero-order chi connectivity index (χ0) is 13.7. The van der Waals surface area contributed by atoms with Crippen LogP contribution < -0.4 is 14.2 Å². The molecule has 6 heteroatoms. The van der Waals surface area contributed by atoms with Crippen LogP contribution in [0.3, 0.4) is 0 Å². The van der Waals surface area contributed by atoms with Gasteiger partial charge in [-0.15, -0.1) is 0 Å². The molecule has 0 aliphatic rings. The third-order valence-electron chi connectivity index (χ3n) is 2.41. The fraction of sp³-hybridized carbons (Fsp3) is 0.333. The van der Waals surface area contributed by atoms with Crippen molar-refractivity contribution in [2.45, 2.75) is 6.92 Å². The maximum Gasteiger partial charge on any atom is 0.210 e. The van der Waals surface area contributed by atoms with Gasteiger partial charge in [-0.05, 0) is 19.1 Å². The third-order valence-corrected chi connectivity index (χ3v) is 2.41. The Labute approximate surface area is 105 Å². The predicted octanol–water partition coefficient (Wildman–Crippen LogP) is 1.75. The molecule has 1 N–H and O–H groups in total. The van der Waals surface area contributed by atoms with Crippen LogP contribution in [-0.4, -0.2) is 38.0 Å². The van der Waals surface area contributed by atoms with Crippen molar-refractivity contribution in [2.24, 2.45) is 5.16 Å². The van der Waals surface area contributed by atoms with Crippen LogP contribution in [0.1, 0.15) is 17.3 Å². The second kappa shape index (κ2) is 5.90. The van der Waals surface area contributed by atoms with Crippen LogP contribution in [0.15, 0.2) is 17.3 Å². The summed E-state index contributed by atoms with van der Waals surface area (Å²) in [6, 6.07) is 3.00. The molecular weight excluding hydrogens is 238 g/mol. The molecule has 0 saturated heterocycles. The number of hydrogen-bond acceptors (Lipinski definition) is 6. The number of Topliss-reactive ketones (excluding diaryl/α,β-unsaturated/α-hetero) is 1. The molecule has 0 atom stereocenters. The summed E-state index contributed by atoms with van der Waals surface area (Å²) in [7, 11) is 4.39. The van der Waals surface area contributed by atoms with Gasteiger partial charge in [-0.1, -0.05) is 5.16 Å². The largest absolute Gasteiger partial charge is 0.493 e. The van der Waals surface area contributed by atoms with Gasteiger partial charge < -0.3 is 19.4 Å². The summed E-state index contributed by atoms with van der Waals surface area (Å²) in [5.74, 6) is 0.712. The number of methoxy groups -OCH3 is 3. The van der Waals surface area contributed by atoms with Crippen molar-refractivity contribution in [1.29, 1.82) is 0 Å².